The highest BCUT2D eigenvalue weighted by Gasteiger charge is 2.24. The SMILES string of the molecule is COCC1CCN(c2cc(C)c(N)cc2Br)C1. The lowest BCUT2D eigenvalue weighted by Crippen LogP contribution is -2.21. The maximum absolute atomic E-state index is 5.89. The Hall–Kier alpha value is -0.740. The van der Waals surface area contributed by atoms with Crippen molar-refractivity contribution in [3.8, 4) is 0 Å². The van der Waals surface area contributed by atoms with E-state index in [0.29, 0.717) is 5.92 Å². The van der Waals surface area contributed by atoms with E-state index in [2.05, 4.69) is 26.9 Å². The van der Waals surface area contributed by atoms with Gasteiger partial charge in [-0.25, -0.2) is 0 Å². The molecule has 1 heterocycles. The monoisotopic (exact) mass is 298 g/mol. The van der Waals surface area contributed by atoms with Crippen molar-refractivity contribution in [2.75, 3.05) is 37.4 Å². The van der Waals surface area contributed by atoms with E-state index in [1.54, 1.807) is 7.11 Å². The number of benzene rings is 1. The van der Waals surface area contributed by atoms with Gasteiger partial charge < -0.3 is 15.4 Å². The minimum Gasteiger partial charge on any atom is -0.398 e. The standard InChI is InChI=1S/C13H19BrN2O/c1-9-5-13(11(14)6-12(9)15)16-4-3-10(7-16)8-17-2/h5-6,10H,3-4,7-8,15H2,1-2H3. The maximum atomic E-state index is 5.89. The molecule has 1 aliphatic rings. The molecule has 1 aromatic rings. The molecule has 1 aromatic carbocycles. The predicted octanol–water partition coefficient (Wildman–Crippen LogP) is 2.81. The van der Waals surface area contributed by atoms with Crippen LogP contribution in [0, 0.1) is 12.8 Å². The van der Waals surface area contributed by atoms with Gasteiger partial charge in [-0.3, -0.25) is 0 Å². The molecule has 0 bridgehead atoms. The van der Waals surface area contributed by atoms with Crippen LogP contribution in [-0.4, -0.2) is 26.8 Å². The Bertz CT molecular complexity index is 409. The number of nitrogen functional groups attached to an aromatic ring is 1. The largest absolute Gasteiger partial charge is 0.398 e. The third-order valence-electron chi connectivity index (χ3n) is 3.36. The zero-order valence-corrected chi connectivity index (χ0v) is 12.0. The lowest BCUT2D eigenvalue weighted by atomic mass is 10.1. The second-order valence-electron chi connectivity index (χ2n) is 4.72. The van der Waals surface area contributed by atoms with Gasteiger partial charge in [0, 0.05) is 36.3 Å². The molecular formula is C13H19BrN2O. The minimum atomic E-state index is 0.643. The van der Waals surface area contributed by atoms with Gasteiger partial charge in [0.05, 0.1) is 12.3 Å². The highest BCUT2D eigenvalue weighted by atomic mass is 79.9. The Balaban J connectivity index is 2.16. The van der Waals surface area contributed by atoms with Gasteiger partial charge in [-0.2, -0.15) is 0 Å². The maximum Gasteiger partial charge on any atom is 0.0514 e. The predicted molar refractivity (Wildman–Crippen MR) is 75.5 cm³/mol. The Labute approximate surface area is 111 Å². The van der Waals surface area contributed by atoms with E-state index in [-0.39, 0.29) is 0 Å². The number of nitrogens with zero attached hydrogens (tertiary/aromatic N) is 1. The minimum absolute atomic E-state index is 0.643. The highest BCUT2D eigenvalue weighted by molar-refractivity contribution is 9.10. The van der Waals surface area contributed by atoms with Gasteiger partial charge in [-0.1, -0.05) is 0 Å². The van der Waals surface area contributed by atoms with Gasteiger partial charge in [0.25, 0.3) is 0 Å². The quantitative estimate of drug-likeness (QED) is 0.872. The molecule has 0 spiro atoms. The van der Waals surface area contributed by atoms with Crippen molar-refractivity contribution >= 4 is 27.3 Å². The number of aryl methyl sites for hydroxylation is 1. The van der Waals surface area contributed by atoms with Crippen LogP contribution in [0.5, 0.6) is 0 Å². The number of methoxy groups -OCH3 is 1. The van der Waals surface area contributed by atoms with Crippen molar-refractivity contribution in [2.45, 2.75) is 13.3 Å². The molecule has 4 heteroatoms. The number of anilines is 2. The van der Waals surface area contributed by atoms with Gasteiger partial charge in [0.1, 0.15) is 0 Å². The average molecular weight is 299 g/mol. The first-order valence-corrected chi connectivity index (χ1v) is 6.70. The Morgan fingerprint density at radius 3 is 3.00 bits per heavy atom. The molecule has 2 rings (SSSR count). The van der Waals surface area contributed by atoms with E-state index in [9.17, 15) is 0 Å². The number of halogens is 1. The molecule has 2 N–H and O–H groups in total. The second-order valence-corrected chi connectivity index (χ2v) is 5.57. The summed E-state index contributed by atoms with van der Waals surface area (Å²) in [5.74, 6) is 0.643. The molecule has 0 aliphatic carbocycles. The van der Waals surface area contributed by atoms with E-state index in [1.165, 1.54) is 12.1 Å². The molecule has 0 radical (unpaired) electrons. The fourth-order valence-electron chi connectivity index (χ4n) is 2.35. The summed E-state index contributed by atoms with van der Waals surface area (Å²) in [6.45, 7) is 5.06. The number of hydrogen-bond acceptors (Lipinski definition) is 3. The highest BCUT2D eigenvalue weighted by Crippen LogP contribution is 2.33. The molecule has 1 aliphatic heterocycles. The van der Waals surface area contributed by atoms with Crippen LogP contribution >= 0.6 is 15.9 Å². The first-order valence-electron chi connectivity index (χ1n) is 5.91. The summed E-state index contributed by atoms with van der Waals surface area (Å²) in [6, 6.07) is 4.16. The van der Waals surface area contributed by atoms with Crippen molar-refractivity contribution < 1.29 is 4.74 Å². The summed E-state index contributed by atoms with van der Waals surface area (Å²) in [4.78, 5) is 2.40. The van der Waals surface area contributed by atoms with Gasteiger partial charge in [0.2, 0.25) is 0 Å². The zero-order chi connectivity index (χ0) is 12.4. The summed E-state index contributed by atoms with van der Waals surface area (Å²) < 4.78 is 6.31. The second kappa shape index (κ2) is 5.27. The van der Waals surface area contributed by atoms with Crippen LogP contribution in [-0.2, 0) is 4.74 Å². The number of nitrogens with two attached hydrogens (primary N) is 1. The van der Waals surface area contributed by atoms with Crippen LogP contribution in [0.3, 0.4) is 0 Å². The van der Waals surface area contributed by atoms with Crippen molar-refractivity contribution in [1.82, 2.24) is 0 Å². The molecule has 0 aromatic heterocycles. The summed E-state index contributed by atoms with van der Waals surface area (Å²) in [5, 5.41) is 0. The van der Waals surface area contributed by atoms with Crippen molar-refractivity contribution in [1.29, 1.82) is 0 Å². The lowest BCUT2D eigenvalue weighted by Gasteiger charge is -2.21. The van der Waals surface area contributed by atoms with Crippen LogP contribution in [0.4, 0.5) is 11.4 Å². The molecule has 17 heavy (non-hydrogen) atoms. The van der Waals surface area contributed by atoms with Gasteiger partial charge >= 0.3 is 0 Å². The van der Waals surface area contributed by atoms with E-state index in [0.717, 1.165) is 35.4 Å². The molecule has 94 valence electrons. The smallest absolute Gasteiger partial charge is 0.0514 e. The van der Waals surface area contributed by atoms with Crippen LogP contribution < -0.4 is 10.6 Å². The summed E-state index contributed by atoms with van der Waals surface area (Å²) >= 11 is 3.60. The zero-order valence-electron chi connectivity index (χ0n) is 10.4. The molecule has 1 unspecified atom stereocenters. The molecule has 3 nitrogen and oxygen atoms in total. The van der Waals surface area contributed by atoms with Crippen molar-refractivity contribution in [2.24, 2.45) is 5.92 Å². The molecule has 1 saturated heterocycles. The van der Waals surface area contributed by atoms with Crippen LogP contribution in [0.15, 0.2) is 16.6 Å². The van der Waals surface area contributed by atoms with Gasteiger partial charge in [-0.15, -0.1) is 0 Å². The summed E-state index contributed by atoms with van der Waals surface area (Å²) in [5.41, 5.74) is 9.12. The summed E-state index contributed by atoms with van der Waals surface area (Å²) in [7, 11) is 1.77. The van der Waals surface area contributed by atoms with Crippen molar-refractivity contribution in [3.05, 3.63) is 22.2 Å². The first-order chi connectivity index (χ1) is 8.11. The number of hydrogen-bond donors (Lipinski definition) is 1. The van der Waals surface area contributed by atoms with Gasteiger partial charge in [0.15, 0.2) is 0 Å². The number of ether oxygens (including phenoxy) is 1. The Kier molecular flexibility index (Phi) is 3.94. The Morgan fingerprint density at radius 1 is 1.53 bits per heavy atom. The van der Waals surface area contributed by atoms with Gasteiger partial charge in [-0.05, 0) is 47.0 Å². The average Bonchev–Trinajstić information content (AvgIpc) is 2.72. The fraction of sp³-hybridized carbons (Fsp3) is 0.538. The molecular weight excluding hydrogens is 280 g/mol. The topological polar surface area (TPSA) is 38.5 Å². The van der Waals surface area contributed by atoms with E-state index in [4.69, 9.17) is 10.5 Å². The summed E-state index contributed by atoms with van der Waals surface area (Å²) in [6.07, 6.45) is 1.20. The van der Waals surface area contributed by atoms with Crippen molar-refractivity contribution in [3.63, 3.8) is 0 Å². The normalized spacial score (nSPS) is 19.9. The van der Waals surface area contributed by atoms with E-state index in [1.807, 2.05) is 13.0 Å². The molecule has 0 saturated carbocycles. The van der Waals surface area contributed by atoms with E-state index >= 15 is 0 Å². The molecule has 1 fully saturated rings. The Morgan fingerprint density at radius 2 is 2.29 bits per heavy atom. The molecule has 1 atom stereocenters. The third kappa shape index (κ3) is 2.75. The van der Waals surface area contributed by atoms with Crippen LogP contribution in [0.2, 0.25) is 0 Å². The number of rotatable bonds is 3. The van der Waals surface area contributed by atoms with Crippen LogP contribution in [0.1, 0.15) is 12.0 Å². The fourth-order valence-corrected chi connectivity index (χ4v) is 2.96. The first kappa shape index (κ1) is 12.7. The van der Waals surface area contributed by atoms with Crippen LogP contribution in [0.25, 0.3) is 0 Å². The lowest BCUT2D eigenvalue weighted by molar-refractivity contribution is 0.161. The third-order valence-corrected chi connectivity index (χ3v) is 4.00. The molecule has 0 amide bonds. The van der Waals surface area contributed by atoms with E-state index < -0.39 is 0 Å².